The van der Waals surface area contributed by atoms with Gasteiger partial charge in [-0.1, -0.05) is 0 Å². The molecule has 312 valence electrons. The number of hydrogen-bond donors (Lipinski definition) is 6. The Bertz CT molecular complexity index is 2200. The van der Waals surface area contributed by atoms with Gasteiger partial charge in [0, 0.05) is 24.2 Å². The molecule has 0 fully saturated rings. The van der Waals surface area contributed by atoms with Gasteiger partial charge in [-0.25, -0.2) is 19.3 Å². The zero-order valence-corrected chi connectivity index (χ0v) is 32.0. The standard InChI is InChI=1S/C35H40F3N8O11P/c1-3-54-58(53,55-4-2)56-16-6-5-15-40-31(49)24-12-9-21(35(36,37)38)17-26(24)57-27(47)14-13-25(33(51)52)44-30(48)20-7-10-22(11-8-20)41-18-23-19-42-29-28(43-23)32(50)46-34(39)45-29/h7-12,17,19,25,41H,3-6,13-16,18H2,1-2H3,(H,40,49)(H,44,48)(H,51,52)(H3,39,42,45,46,50)/t25-/m0/s1. The number of carbonyl (C=O) groups excluding carboxylic acids is 3. The summed E-state index contributed by atoms with van der Waals surface area (Å²) in [5, 5.41) is 17.6. The number of hydrogen-bond acceptors (Lipinski definition) is 15. The first-order valence-corrected chi connectivity index (χ1v) is 19.1. The third-order valence-electron chi connectivity index (χ3n) is 7.81. The number of ether oxygens (including phenoxy) is 1. The number of carboxylic acids is 1. The Balaban J connectivity index is 1.31. The highest BCUT2D eigenvalue weighted by Gasteiger charge is 2.33. The van der Waals surface area contributed by atoms with Crippen LogP contribution in [-0.4, -0.2) is 81.2 Å². The highest BCUT2D eigenvalue weighted by Crippen LogP contribution is 2.49. The summed E-state index contributed by atoms with van der Waals surface area (Å²) in [5.74, 6) is -5.17. The van der Waals surface area contributed by atoms with Gasteiger partial charge in [-0.3, -0.25) is 37.7 Å². The summed E-state index contributed by atoms with van der Waals surface area (Å²) in [4.78, 5) is 77.2. The number of aromatic amines is 1. The Kier molecular flexibility index (Phi) is 15.8. The Morgan fingerprint density at radius 1 is 0.983 bits per heavy atom. The number of aliphatic carboxylic acids is 1. The molecule has 0 saturated heterocycles. The number of halogens is 3. The molecule has 1 atom stereocenters. The second kappa shape index (κ2) is 20.5. The number of alkyl halides is 3. The summed E-state index contributed by atoms with van der Waals surface area (Å²) in [7, 11) is -3.73. The van der Waals surface area contributed by atoms with Crippen LogP contribution >= 0.6 is 7.82 Å². The van der Waals surface area contributed by atoms with Crippen molar-refractivity contribution in [2.75, 3.05) is 37.4 Å². The minimum absolute atomic E-state index is 0.00667. The molecule has 7 N–H and O–H groups in total. The summed E-state index contributed by atoms with van der Waals surface area (Å²) in [6.07, 6.45) is -4.04. The molecule has 2 aromatic carbocycles. The van der Waals surface area contributed by atoms with E-state index in [-0.39, 0.29) is 55.6 Å². The van der Waals surface area contributed by atoms with E-state index in [0.717, 1.165) is 6.07 Å². The molecule has 23 heteroatoms. The maximum Gasteiger partial charge on any atom is 0.474 e. The van der Waals surface area contributed by atoms with Crippen molar-refractivity contribution < 1.29 is 60.3 Å². The number of nitrogens with two attached hydrogens (primary N) is 1. The molecule has 0 aliphatic carbocycles. The van der Waals surface area contributed by atoms with Crippen molar-refractivity contribution in [3.05, 3.63) is 81.4 Å². The van der Waals surface area contributed by atoms with Gasteiger partial charge in [-0.05, 0) is 75.6 Å². The number of rotatable bonds is 21. The molecule has 4 aromatic rings. The minimum atomic E-state index is -4.85. The van der Waals surface area contributed by atoms with Crippen molar-refractivity contribution in [1.82, 2.24) is 30.6 Å². The number of aromatic nitrogens is 4. The van der Waals surface area contributed by atoms with Gasteiger partial charge in [-0.2, -0.15) is 18.2 Å². The Hall–Kier alpha value is -5.96. The molecular weight excluding hydrogens is 796 g/mol. The zero-order chi connectivity index (χ0) is 42.5. The van der Waals surface area contributed by atoms with Gasteiger partial charge >= 0.3 is 25.9 Å². The van der Waals surface area contributed by atoms with E-state index in [9.17, 15) is 46.8 Å². The van der Waals surface area contributed by atoms with Gasteiger partial charge in [0.2, 0.25) is 5.95 Å². The van der Waals surface area contributed by atoms with Gasteiger partial charge in [0.15, 0.2) is 11.2 Å². The lowest BCUT2D eigenvalue weighted by atomic mass is 10.1. The average molecular weight is 837 g/mol. The van der Waals surface area contributed by atoms with E-state index in [0.29, 0.717) is 36.4 Å². The summed E-state index contributed by atoms with van der Waals surface area (Å²) in [5.41, 5.74) is 4.39. The van der Waals surface area contributed by atoms with Crippen LogP contribution in [0.15, 0.2) is 53.5 Å². The summed E-state index contributed by atoms with van der Waals surface area (Å²) < 4.78 is 73.3. The van der Waals surface area contributed by atoms with Gasteiger partial charge < -0.3 is 31.5 Å². The van der Waals surface area contributed by atoms with Gasteiger partial charge in [-0.15, -0.1) is 0 Å². The number of H-pyrrole nitrogens is 1. The number of nitrogens with one attached hydrogen (secondary N) is 4. The third kappa shape index (κ3) is 13.0. The number of carbonyl (C=O) groups is 4. The van der Waals surface area contributed by atoms with Crippen molar-refractivity contribution in [3.8, 4) is 5.75 Å². The van der Waals surface area contributed by atoms with Gasteiger partial charge in [0.05, 0.1) is 49.4 Å². The van der Waals surface area contributed by atoms with E-state index < -0.39 is 79.1 Å². The number of phosphoric ester groups is 1. The maximum atomic E-state index is 13.5. The highest BCUT2D eigenvalue weighted by molar-refractivity contribution is 7.48. The lowest BCUT2D eigenvalue weighted by Crippen LogP contribution is -2.41. The first-order valence-electron chi connectivity index (χ1n) is 17.6. The minimum Gasteiger partial charge on any atom is -0.480 e. The van der Waals surface area contributed by atoms with Crippen LogP contribution < -0.4 is 32.0 Å². The van der Waals surface area contributed by atoms with Crippen LogP contribution in [0.4, 0.5) is 24.8 Å². The molecule has 0 saturated carbocycles. The molecule has 0 aliphatic rings. The van der Waals surface area contributed by atoms with Crippen LogP contribution in [-0.2, 0) is 40.4 Å². The number of benzene rings is 2. The number of esters is 1. The molecule has 0 spiro atoms. The Morgan fingerprint density at radius 2 is 1.69 bits per heavy atom. The van der Waals surface area contributed by atoms with Gasteiger partial charge in [0.1, 0.15) is 11.8 Å². The van der Waals surface area contributed by atoms with Crippen molar-refractivity contribution in [2.24, 2.45) is 0 Å². The number of anilines is 2. The molecule has 0 bridgehead atoms. The maximum absolute atomic E-state index is 13.5. The predicted molar refractivity (Wildman–Crippen MR) is 200 cm³/mol. The molecule has 19 nitrogen and oxygen atoms in total. The summed E-state index contributed by atoms with van der Waals surface area (Å²) in [6, 6.07) is 6.16. The van der Waals surface area contributed by atoms with Crippen LogP contribution in [0, 0.1) is 0 Å². The topological polar surface area (TPSA) is 276 Å². The smallest absolute Gasteiger partial charge is 0.474 e. The first kappa shape index (κ1) is 44.8. The van der Waals surface area contributed by atoms with Crippen LogP contribution in [0.2, 0.25) is 0 Å². The van der Waals surface area contributed by atoms with Crippen LogP contribution in [0.25, 0.3) is 11.2 Å². The summed E-state index contributed by atoms with van der Waals surface area (Å²) >= 11 is 0. The van der Waals surface area contributed by atoms with Crippen molar-refractivity contribution in [3.63, 3.8) is 0 Å². The number of amides is 2. The summed E-state index contributed by atoms with van der Waals surface area (Å²) in [6.45, 7) is 3.52. The predicted octanol–water partition coefficient (Wildman–Crippen LogP) is 4.20. The molecule has 0 radical (unpaired) electrons. The molecule has 58 heavy (non-hydrogen) atoms. The van der Waals surface area contributed by atoms with E-state index in [4.69, 9.17) is 24.0 Å². The fourth-order valence-corrected chi connectivity index (χ4v) is 6.23. The van der Waals surface area contributed by atoms with E-state index in [2.05, 4.69) is 35.9 Å². The molecular formula is C35H40F3N8O11P. The molecule has 2 amide bonds. The van der Waals surface area contributed by atoms with E-state index in [1.807, 2.05) is 0 Å². The van der Waals surface area contributed by atoms with Crippen LogP contribution in [0.1, 0.15) is 71.5 Å². The number of unbranched alkanes of at least 4 members (excludes halogenated alkanes) is 1. The van der Waals surface area contributed by atoms with Crippen molar-refractivity contribution in [1.29, 1.82) is 0 Å². The van der Waals surface area contributed by atoms with Crippen LogP contribution in [0.3, 0.4) is 0 Å². The number of fused-ring (bicyclic) bond motifs is 1. The monoisotopic (exact) mass is 836 g/mol. The Labute approximate surface area is 327 Å². The normalized spacial score (nSPS) is 12.2. The SMILES string of the molecule is CCOP(=O)(OCC)OCCCCNC(=O)c1ccc(C(F)(F)F)cc1OC(=O)CC[C@H](NC(=O)c1ccc(NCc2cnc3nc(N)[nH]c(=O)c3n2)cc1)C(=O)O. The van der Waals surface area contributed by atoms with E-state index >= 15 is 0 Å². The second-order valence-corrected chi connectivity index (χ2v) is 13.7. The van der Waals surface area contributed by atoms with Crippen molar-refractivity contribution in [2.45, 2.75) is 58.3 Å². The lowest BCUT2D eigenvalue weighted by molar-refractivity contribution is -0.141. The lowest BCUT2D eigenvalue weighted by Gasteiger charge is -2.16. The Morgan fingerprint density at radius 3 is 2.34 bits per heavy atom. The zero-order valence-electron chi connectivity index (χ0n) is 31.1. The quantitative estimate of drug-likeness (QED) is 0.0297. The number of nitrogens with zero attached hydrogens (tertiary/aromatic N) is 3. The van der Waals surface area contributed by atoms with Crippen molar-refractivity contribution >= 4 is 54.4 Å². The highest BCUT2D eigenvalue weighted by atomic mass is 31.2. The fourth-order valence-electron chi connectivity index (χ4n) is 5.02. The first-order chi connectivity index (χ1) is 27.5. The van der Waals surface area contributed by atoms with Crippen LogP contribution in [0.5, 0.6) is 5.75 Å². The number of nitrogen functional groups attached to an aromatic ring is 1. The second-order valence-electron chi connectivity index (χ2n) is 12.1. The third-order valence-corrected chi connectivity index (χ3v) is 9.45. The number of carboxylic acid groups (broad SMARTS) is 1. The largest absolute Gasteiger partial charge is 0.480 e. The van der Waals surface area contributed by atoms with Gasteiger partial charge in [0.25, 0.3) is 17.4 Å². The molecule has 2 aromatic heterocycles. The molecule has 0 aliphatic heterocycles. The molecule has 0 unspecified atom stereocenters. The average Bonchev–Trinajstić information content (AvgIpc) is 3.16. The number of phosphoric acid groups is 1. The molecule has 4 rings (SSSR count). The van der Waals surface area contributed by atoms with E-state index in [1.165, 1.54) is 30.5 Å². The fraction of sp³-hybridized carbons (Fsp3) is 0.371. The van der Waals surface area contributed by atoms with E-state index in [1.54, 1.807) is 13.8 Å². The molecule has 2 heterocycles.